The maximum Gasteiger partial charge on any atom is 0.350 e. The third kappa shape index (κ3) is 5.47. The Morgan fingerprint density at radius 1 is 1.18 bits per heavy atom. The molecule has 3 aromatic heterocycles. The number of nitrogens with zero attached hydrogens (tertiary/aromatic N) is 2. The predicted molar refractivity (Wildman–Crippen MR) is 149 cm³/mol. The van der Waals surface area contributed by atoms with Crippen LogP contribution in [0, 0.1) is 11.8 Å². The number of rotatable bonds is 8. The fraction of sp³-hybridized carbons (Fsp3) is 0.433. The van der Waals surface area contributed by atoms with Gasteiger partial charge in [-0.3, -0.25) is 9.78 Å². The molecule has 1 unspecified atom stereocenters. The van der Waals surface area contributed by atoms with Crippen LogP contribution in [0.3, 0.4) is 0 Å². The molecule has 0 radical (unpaired) electrons. The molecule has 1 atom stereocenters. The maximum atomic E-state index is 13.7. The molecule has 0 aromatic carbocycles. The van der Waals surface area contributed by atoms with E-state index in [9.17, 15) is 9.59 Å². The Morgan fingerprint density at radius 2 is 2.00 bits per heavy atom. The molecule has 7 nitrogen and oxygen atoms in total. The van der Waals surface area contributed by atoms with Gasteiger partial charge in [-0.15, -0.1) is 11.3 Å². The molecule has 38 heavy (non-hydrogen) atoms. The molecule has 1 amide bonds. The van der Waals surface area contributed by atoms with E-state index < -0.39 is 5.97 Å². The van der Waals surface area contributed by atoms with E-state index in [0.29, 0.717) is 29.6 Å². The van der Waals surface area contributed by atoms with Gasteiger partial charge in [-0.05, 0) is 61.8 Å². The van der Waals surface area contributed by atoms with Crippen LogP contribution in [-0.2, 0) is 14.3 Å². The fourth-order valence-corrected chi connectivity index (χ4v) is 6.41. The number of hydrogen-bond donors (Lipinski definition) is 0. The summed E-state index contributed by atoms with van der Waals surface area (Å²) in [6.07, 6.45) is 12.7. The summed E-state index contributed by atoms with van der Waals surface area (Å²) in [6, 6.07) is 7.74. The highest BCUT2D eigenvalue weighted by molar-refractivity contribution is 7.15. The average molecular weight is 535 g/mol. The highest BCUT2D eigenvalue weighted by atomic mass is 32.1. The maximum absolute atomic E-state index is 13.7. The lowest BCUT2D eigenvalue weighted by Gasteiger charge is -2.31. The van der Waals surface area contributed by atoms with Crippen LogP contribution in [0.1, 0.15) is 65.3 Å². The molecule has 200 valence electrons. The van der Waals surface area contributed by atoms with Crippen molar-refractivity contribution in [3.8, 4) is 0 Å². The Bertz CT molecular complexity index is 1330. The van der Waals surface area contributed by atoms with E-state index in [0.717, 1.165) is 59.4 Å². The Morgan fingerprint density at radius 3 is 2.68 bits per heavy atom. The molecule has 3 heterocycles. The fourth-order valence-electron chi connectivity index (χ4n) is 5.31. The molecule has 2 aliphatic carbocycles. The summed E-state index contributed by atoms with van der Waals surface area (Å²) in [6.45, 7) is 3.01. The third-order valence-electron chi connectivity index (χ3n) is 7.58. The number of amides is 1. The molecule has 1 fully saturated rings. The summed E-state index contributed by atoms with van der Waals surface area (Å²) >= 11 is 1.36. The molecule has 3 aromatic rings. The molecule has 2 aliphatic rings. The summed E-state index contributed by atoms with van der Waals surface area (Å²) in [5.74, 6) is 1.23. The van der Waals surface area contributed by atoms with E-state index in [4.69, 9.17) is 13.9 Å². The Labute approximate surface area is 227 Å². The van der Waals surface area contributed by atoms with Gasteiger partial charge in [0.15, 0.2) is 5.58 Å². The van der Waals surface area contributed by atoms with Crippen molar-refractivity contribution in [2.24, 2.45) is 11.8 Å². The molecule has 0 spiro atoms. The van der Waals surface area contributed by atoms with Gasteiger partial charge in [0.05, 0.1) is 19.4 Å². The smallest absolute Gasteiger partial charge is 0.350 e. The summed E-state index contributed by atoms with van der Waals surface area (Å²) < 4.78 is 16.5. The first-order valence-electron chi connectivity index (χ1n) is 13.2. The minimum absolute atomic E-state index is 0.0373. The van der Waals surface area contributed by atoms with Crippen LogP contribution >= 0.6 is 11.3 Å². The number of thiophene rings is 1. The number of ether oxygens (including phenoxy) is 2. The Kier molecular flexibility index (Phi) is 8.09. The lowest BCUT2D eigenvalue weighted by atomic mass is 9.82. The van der Waals surface area contributed by atoms with Gasteiger partial charge in [0.2, 0.25) is 5.91 Å². The second kappa shape index (κ2) is 11.7. The van der Waals surface area contributed by atoms with E-state index in [1.165, 1.54) is 18.4 Å². The second-order valence-corrected chi connectivity index (χ2v) is 11.2. The van der Waals surface area contributed by atoms with Crippen molar-refractivity contribution in [2.75, 3.05) is 32.3 Å². The number of carbonyl (C=O) groups excluding carboxylic acids is 2. The molecule has 0 N–H and O–H groups in total. The van der Waals surface area contributed by atoms with Crippen LogP contribution in [0.2, 0.25) is 0 Å². The van der Waals surface area contributed by atoms with Crippen molar-refractivity contribution in [3.05, 3.63) is 64.2 Å². The first-order valence-corrected chi connectivity index (χ1v) is 14.1. The topological polar surface area (TPSA) is 81.9 Å². The van der Waals surface area contributed by atoms with Gasteiger partial charge in [-0.1, -0.05) is 25.2 Å². The molecule has 5 rings (SSSR count). The van der Waals surface area contributed by atoms with Gasteiger partial charge in [0.1, 0.15) is 16.2 Å². The van der Waals surface area contributed by atoms with Crippen LogP contribution in [0.15, 0.2) is 53.1 Å². The van der Waals surface area contributed by atoms with Crippen molar-refractivity contribution >= 4 is 45.6 Å². The van der Waals surface area contributed by atoms with Crippen molar-refractivity contribution in [2.45, 2.75) is 44.9 Å². The molecular weight excluding hydrogens is 500 g/mol. The van der Waals surface area contributed by atoms with Gasteiger partial charge in [0, 0.05) is 42.6 Å². The highest BCUT2D eigenvalue weighted by Gasteiger charge is 2.32. The van der Waals surface area contributed by atoms with Gasteiger partial charge in [0.25, 0.3) is 0 Å². The van der Waals surface area contributed by atoms with E-state index in [-0.39, 0.29) is 17.7 Å². The average Bonchev–Trinajstić information content (AvgIpc) is 3.58. The Hall–Kier alpha value is -3.23. The number of hydrogen-bond acceptors (Lipinski definition) is 7. The standard InChI is InChI=1S/C30H34N2O5S/c1-19-6-8-22(9-7-19)29(33)32(15-16-35-2)24-18-27(38-28(24)30(34)36-3)21-12-10-20(11-13-21)26-17-23-25(37-26)5-4-14-31-23/h4-5,10,12-14,17-20,22H,6-9,11,15-16H2,1-3H3. The monoisotopic (exact) mass is 534 g/mol. The first kappa shape index (κ1) is 26.4. The number of esters is 1. The van der Waals surface area contributed by atoms with Crippen LogP contribution in [0.25, 0.3) is 16.7 Å². The van der Waals surface area contributed by atoms with Crippen LogP contribution in [0.5, 0.6) is 0 Å². The largest absolute Gasteiger partial charge is 0.465 e. The minimum Gasteiger partial charge on any atom is -0.465 e. The van der Waals surface area contributed by atoms with Gasteiger partial charge >= 0.3 is 5.97 Å². The third-order valence-corrected chi connectivity index (χ3v) is 8.73. The van der Waals surface area contributed by atoms with Crippen LogP contribution in [0.4, 0.5) is 5.69 Å². The SMILES string of the molecule is COCCN(C(=O)C1CCC(C)CC1)c1cc(C2=CCC(c3cc4ncccc4o3)C=C2)sc1C(=O)OC. The van der Waals surface area contributed by atoms with Crippen molar-refractivity contribution in [1.29, 1.82) is 0 Å². The predicted octanol–water partition coefficient (Wildman–Crippen LogP) is 6.61. The number of pyridine rings is 1. The Balaban J connectivity index is 1.41. The molecule has 0 saturated heterocycles. The highest BCUT2D eigenvalue weighted by Crippen LogP contribution is 2.40. The number of aromatic nitrogens is 1. The van der Waals surface area contributed by atoms with E-state index in [2.05, 4.69) is 30.1 Å². The van der Waals surface area contributed by atoms with Crippen molar-refractivity contribution in [1.82, 2.24) is 4.98 Å². The van der Waals surface area contributed by atoms with E-state index in [1.807, 2.05) is 24.3 Å². The van der Waals surface area contributed by atoms with Crippen molar-refractivity contribution in [3.63, 3.8) is 0 Å². The zero-order valence-electron chi connectivity index (χ0n) is 22.1. The normalized spacial score (nSPS) is 21.3. The van der Waals surface area contributed by atoms with E-state index in [1.54, 1.807) is 18.2 Å². The second-order valence-electron chi connectivity index (χ2n) is 10.2. The summed E-state index contributed by atoms with van der Waals surface area (Å²) in [7, 11) is 3.00. The molecule has 1 saturated carbocycles. The van der Waals surface area contributed by atoms with Gasteiger partial charge in [-0.25, -0.2) is 4.79 Å². The number of allylic oxidation sites excluding steroid dienone is 4. The lowest BCUT2D eigenvalue weighted by Crippen LogP contribution is -2.40. The van der Waals surface area contributed by atoms with E-state index >= 15 is 0 Å². The van der Waals surface area contributed by atoms with Crippen LogP contribution in [-0.4, -0.2) is 44.2 Å². The number of furan rings is 1. The van der Waals surface area contributed by atoms with Crippen LogP contribution < -0.4 is 4.90 Å². The minimum atomic E-state index is -0.434. The number of fused-ring (bicyclic) bond motifs is 1. The quantitative estimate of drug-likeness (QED) is 0.303. The van der Waals surface area contributed by atoms with Gasteiger partial charge < -0.3 is 18.8 Å². The number of carbonyl (C=O) groups is 2. The number of anilines is 1. The summed E-state index contributed by atoms with van der Waals surface area (Å²) in [5.41, 5.74) is 3.26. The zero-order chi connectivity index (χ0) is 26.6. The molecule has 0 bridgehead atoms. The lowest BCUT2D eigenvalue weighted by molar-refractivity contribution is -0.123. The van der Waals surface area contributed by atoms with Crippen molar-refractivity contribution < 1.29 is 23.5 Å². The molecule has 8 heteroatoms. The first-order chi connectivity index (χ1) is 18.5. The molecule has 0 aliphatic heterocycles. The summed E-state index contributed by atoms with van der Waals surface area (Å²) in [5, 5.41) is 0. The summed E-state index contributed by atoms with van der Waals surface area (Å²) in [4.78, 5) is 34.0. The molecular formula is C30H34N2O5S. The number of methoxy groups -OCH3 is 2. The zero-order valence-corrected chi connectivity index (χ0v) is 23.0. The van der Waals surface area contributed by atoms with Gasteiger partial charge in [-0.2, -0.15) is 0 Å².